The molecule has 3 rings (SSSR count). The fourth-order valence-corrected chi connectivity index (χ4v) is 5.31. The van der Waals surface area contributed by atoms with E-state index in [1.54, 1.807) is 0 Å². The Balaban J connectivity index is 1.79. The van der Waals surface area contributed by atoms with Gasteiger partial charge in [0.25, 0.3) is 0 Å². The molecule has 0 saturated carbocycles. The van der Waals surface area contributed by atoms with Crippen molar-refractivity contribution in [1.29, 1.82) is 0 Å². The summed E-state index contributed by atoms with van der Waals surface area (Å²) in [6.45, 7) is 6.98. The van der Waals surface area contributed by atoms with Crippen molar-refractivity contribution in [2.45, 2.75) is 78.1 Å². The van der Waals surface area contributed by atoms with E-state index in [4.69, 9.17) is 0 Å². The molecule has 1 aromatic heterocycles. The van der Waals surface area contributed by atoms with Gasteiger partial charge in [0.05, 0.1) is 0 Å². The molecule has 1 nitrogen and oxygen atoms in total. The van der Waals surface area contributed by atoms with E-state index in [2.05, 4.69) is 61.2 Å². The lowest BCUT2D eigenvalue weighted by atomic mass is 10.1. The summed E-state index contributed by atoms with van der Waals surface area (Å²) in [4.78, 5) is 2.69. The number of rotatable bonds is 13. The van der Waals surface area contributed by atoms with Crippen molar-refractivity contribution in [3.05, 3.63) is 42.5 Å². The summed E-state index contributed by atoms with van der Waals surface area (Å²) in [5.41, 5.74) is 1.46. The molecular formula is C26H37NS. The van der Waals surface area contributed by atoms with Crippen LogP contribution in [-0.4, -0.2) is 13.1 Å². The number of thiophene rings is 1. The zero-order chi connectivity index (χ0) is 19.6. The molecule has 0 amide bonds. The molecule has 0 atom stereocenters. The molecular weight excluding hydrogens is 358 g/mol. The van der Waals surface area contributed by atoms with Crippen molar-refractivity contribution in [1.82, 2.24) is 0 Å². The maximum absolute atomic E-state index is 2.69. The van der Waals surface area contributed by atoms with Crippen LogP contribution in [0.2, 0.25) is 0 Å². The van der Waals surface area contributed by atoms with Crippen LogP contribution in [-0.2, 0) is 0 Å². The summed E-state index contributed by atoms with van der Waals surface area (Å²) < 4.78 is 2.84. The van der Waals surface area contributed by atoms with Crippen LogP contribution in [0.5, 0.6) is 0 Å². The fourth-order valence-electron chi connectivity index (χ4n) is 4.18. The Hall–Kier alpha value is -1.54. The van der Waals surface area contributed by atoms with E-state index in [1.807, 2.05) is 11.3 Å². The van der Waals surface area contributed by atoms with E-state index < -0.39 is 0 Å². The molecule has 0 bridgehead atoms. The smallest absolute Gasteiger partial charge is 0.0460 e. The van der Waals surface area contributed by atoms with Gasteiger partial charge >= 0.3 is 0 Å². The molecule has 2 aromatic carbocycles. The molecule has 3 aromatic rings. The van der Waals surface area contributed by atoms with Gasteiger partial charge in [-0.25, -0.2) is 0 Å². The number of fused-ring (bicyclic) bond motifs is 3. The predicted octanol–water partition coefficient (Wildman–Crippen LogP) is 8.80. The maximum Gasteiger partial charge on any atom is 0.0460 e. The molecule has 152 valence electrons. The highest BCUT2D eigenvalue weighted by molar-refractivity contribution is 7.25. The van der Waals surface area contributed by atoms with Crippen molar-refractivity contribution in [3.63, 3.8) is 0 Å². The van der Waals surface area contributed by atoms with Gasteiger partial charge in [-0.2, -0.15) is 0 Å². The van der Waals surface area contributed by atoms with Gasteiger partial charge in [0.2, 0.25) is 0 Å². The van der Waals surface area contributed by atoms with Gasteiger partial charge in [0.15, 0.2) is 0 Å². The van der Waals surface area contributed by atoms with Crippen molar-refractivity contribution >= 4 is 37.2 Å². The number of hydrogen-bond acceptors (Lipinski definition) is 2. The van der Waals surface area contributed by atoms with Crippen LogP contribution in [0.15, 0.2) is 42.5 Å². The monoisotopic (exact) mass is 395 g/mol. The Morgan fingerprint density at radius 2 is 1.25 bits per heavy atom. The second-order valence-corrected chi connectivity index (χ2v) is 9.15. The van der Waals surface area contributed by atoms with E-state index in [-0.39, 0.29) is 0 Å². The van der Waals surface area contributed by atoms with Crippen molar-refractivity contribution < 1.29 is 0 Å². The zero-order valence-electron chi connectivity index (χ0n) is 17.9. The normalized spacial score (nSPS) is 11.5. The number of nitrogens with zero attached hydrogens (tertiary/aromatic N) is 1. The van der Waals surface area contributed by atoms with Crippen LogP contribution in [0.3, 0.4) is 0 Å². The van der Waals surface area contributed by atoms with Gasteiger partial charge in [0, 0.05) is 38.9 Å². The van der Waals surface area contributed by atoms with Gasteiger partial charge < -0.3 is 4.90 Å². The molecule has 0 spiro atoms. The molecule has 0 aliphatic heterocycles. The molecule has 0 fully saturated rings. The standard InChI is InChI=1S/C26H37NS/c1-3-5-7-9-13-20-27(21-14-10-8-6-4-2)23-17-15-19-25-26(23)22-16-11-12-18-24(22)28-25/h11-12,15-19H,3-10,13-14,20-21H2,1-2H3. The Labute approximate surface area is 175 Å². The molecule has 2 heteroatoms. The minimum Gasteiger partial charge on any atom is -0.371 e. The SMILES string of the molecule is CCCCCCCN(CCCCCCC)c1cccc2sc3ccccc3c12. The summed E-state index contributed by atoms with van der Waals surface area (Å²) in [6, 6.07) is 15.8. The van der Waals surface area contributed by atoms with Crippen molar-refractivity contribution in [2.75, 3.05) is 18.0 Å². The molecule has 0 aliphatic rings. The van der Waals surface area contributed by atoms with E-state index in [0.717, 1.165) is 0 Å². The predicted molar refractivity (Wildman–Crippen MR) is 129 cm³/mol. The summed E-state index contributed by atoms with van der Waals surface area (Å²) >= 11 is 1.94. The molecule has 28 heavy (non-hydrogen) atoms. The van der Waals surface area contributed by atoms with Crippen LogP contribution in [0, 0.1) is 0 Å². The maximum atomic E-state index is 2.69. The summed E-state index contributed by atoms with van der Waals surface area (Å²) in [5, 5.41) is 2.91. The quantitative estimate of drug-likeness (QED) is 0.261. The fraction of sp³-hybridized carbons (Fsp3) is 0.538. The summed E-state index contributed by atoms with van der Waals surface area (Å²) in [6.07, 6.45) is 13.5. The number of anilines is 1. The van der Waals surface area contributed by atoms with Crippen LogP contribution in [0.25, 0.3) is 20.2 Å². The van der Waals surface area contributed by atoms with Gasteiger partial charge in [0.1, 0.15) is 0 Å². The van der Waals surface area contributed by atoms with E-state index in [9.17, 15) is 0 Å². The van der Waals surface area contributed by atoms with E-state index >= 15 is 0 Å². The van der Waals surface area contributed by atoms with E-state index in [1.165, 1.54) is 103 Å². The first-order valence-electron chi connectivity index (χ1n) is 11.5. The largest absolute Gasteiger partial charge is 0.371 e. The molecule has 0 saturated heterocycles. The lowest BCUT2D eigenvalue weighted by Gasteiger charge is -2.26. The van der Waals surface area contributed by atoms with Gasteiger partial charge in [-0.05, 0) is 31.0 Å². The van der Waals surface area contributed by atoms with Crippen LogP contribution in [0.4, 0.5) is 5.69 Å². The highest BCUT2D eigenvalue weighted by atomic mass is 32.1. The highest BCUT2D eigenvalue weighted by Crippen LogP contribution is 2.39. The minimum absolute atomic E-state index is 1.20. The average Bonchev–Trinajstić information content (AvgIpc) is 3.11. The lowest BCUT2D eigenvalue weighted by Crippen LogP contribution is -2.26. The zero-order valence-corrected chi connectivity index (χ0v) is 18.7. The lowest BCUT2D eigenvalue weighted by molar-refractivity contribution is 0.590. The van der Waals surface area contributed by atoms with E-state index in [0.29, 0.717) is 0 Å². The third-order valence-corrected chi connectivity index (χ3v) is 6.92. The first kappa shape index (κ1) is 21.2. The molecule has 0 N–H and O–H groups in total. The van der Waals surface area contributed by atoms with Gasteiger partial charge in [-0.1, -0.05) is 89.5 Å². The molecule has 0 radical (unpaired) electrons. The summed E-state index contributed by atoms with van der Waals surface area (Å²) in [5.74, 6) is 0. The number of benzene rings is 2. The molecule has 0 aliphatic carbocycles. The first-order chi connectivity index (χ1) is 13.8. The van der Waals surface area contributed by atoms with Crippen LogP contribution >= 0.6 is 11.3 Å². The highest BCUT2D eigenvalue weighted by Gasteiger charge is 2.14. The first-order valence-corrected chi connectivity index (χ1v) is 12.3. The summed E-state index contributed by atoms with van der Waals surface area (Å²) in [7, 11) is 0. The Kier molecular flexibility index (Phi) is 8.67. The third kappa shape index (κ3) is 5.50. The topological polar surface area (TPSA) is 3.24 Å². The second kappa shape index (κ2) is 11.5. The molecule has 0 unspecified atom stereocenters. The van der Waals surface area contributed by atoms with Crippen molar-refractivity contribution in [3.8, 4) is 0 Å². The minimum atomic E-state index is 1.20. The average molecular weight is 396 g/mol. The Morgan fingerprint density at radius 3 is 1.93 bits per heavy atom. The van der Waals surface area contributed by atoms with Gasteiger partial charge in [-0.3, -0.25) is 0 Å². The third-order valence-electron chi connectivity index (χ3n) is 5.78. The van der Waals surface area contributed by atoms with Crippen LogP contribution < -0.4 is 4.90 Å². The second-order valence-electron chi connectivity index (χ2n) is 8.06. The molecule has 1 heterocycles. The number of hydrogen-bond donors (Lipinski definition) is 0. The van der Waals surface area contributed by atoms with Crippen LogP contribution in [0.1, 0.15) is 78.1 Å². The Morgan fingerprint density at radius 1 is 0.643 bits per heavy atom. The van der Waals surface area contributed by atoms with Crippen molar-refractivity contribution in [2.24, 2.45) is 0 Å². The Bertz CT molecular complexity index is 821. The number of unbranched alkanes of at least 4 members (excludes halogenated alkanes) is 8. The van der Waals surface area contributed by atoms with Gasteiger partial charge in [-0.15, -0.1) is 11.3 Å².